The lowest BCUT2D eigenvalue weighted by Gasteiger charge is -2.05. The first-order valence-electron chi connectivity index (χ1n) is 5.70. The van der Waals surface area contributed by atoms with E-state index in [0.717, 1.165) is 23.1 Å². The van der Waals surface area contributed by atoms with E-state index in [2.05, 4.69) is 10.4 Å². The molecule has 5 heteroatoms. The van der Waals surface area contributed by atoms with Crippen molar-refractivity contribution in [2.45, 2.75) is 19.9 Å². The Hall–Kier alpha value is -1.88. The highest BCUT2D eigenvalue weighted by Crippen LogP contribution is 2.19. The van der Waals surface area contributed by atoms with Gasteiger partial charge in [-0.15, -0.1) is 0 Å². The molecule has 0 aliphatic rings. The summed E-state index contributed by atoms with van der Waals surface area (Å²) in [5.41, 5.74) is 7.14. The lowest BCUT2D eigenvalue weighted by Crippen LogP contribution is -2.16. The van der Waals surface area contributed by atoms with Crippen LogP contribution in [0.1, 0.15) is 13.3 Å². The van der Waals surface area contributed by atoms with E-state index < -0.39 is 0 Å². The van der Waals surface area contributed by atoms with Crippen molar-refractivity contribution in [2.24, 2.45) is 5.73 Å². The number of fused-ring (bicyclic) bond motifs is 1. The van der Waals surface area contributed by atoms with Crippen LogP contribution in [0.25, 0.3) is 10.9 Å². The fourth-order valence-electron chi connectivity index (χ4n) is 1.75. The van der Waals surface area contributed by atoms with Gasteiger partial charge in [-0.25, -0.2) is 0 Å². The molecule has 0 atom stereocenters. The molecular formula is C12H16N4O. The molecule has 0 bridgehead atoms. The number of anilines is 1. The van der Waals surface area contributed by atoms with Gasteiger partial charge in [0.05, 0.1) is 11.7 Å². The molecule has 0 aliphatic heterocycles. The van der Waals surface area contributed by atoms with Crippen molar-refractivity contribution in [1.82, 2.24) is 9.78 Å². The van der Waals surface area contributed by atoms with Gasteiger partial charge in [0, 0.05) is 30.6 Å². The Balaban J connectivity index is 2.27. The maximum absolute atomic E-state index is 11.4. The molecule has 2 rings (SSSR count). The number of hydrogen-bond acceptors (Lipinski definition) is 3. The predicted octanol–water partition coefficient (Wildman–Crippen LogP) is 1.34. The second-order valence-corrected chi connectivity index (χ2v) is 3.82. The highest BCUT2D eigenvalue weighted by molar-refractivity contribution is 5.93. The van der Waals surface area contributed by atoms with Crippen molar-refractivity contribution in [3.63, 3.8) is 0 Å². The van der Waals surface area contributed by atoms with Gasteiger partial charge in [-0.05, 0) is 25.1 Å². The van der Waals surface area contributed by atoms with Gasteiger partial charge >= 0.3 is 0 Å². The fraction of sp³-hybridized carbons (Fsp3) is 0.333. The summed E-state index contributed by atoms with van der Waals surface area (Å²) in [6.45, 7) is 3.21. The topological polar surface area (TPSA) is 72.9 Å². The Labute approximate surface area is 99.6 Å². The Morgan fingerprint density at radius 3 is 3.06 bits per heavy atom. The number of rotatable bonds is 4. The van der Waals surface area contributed by atoms with Gasteiger partial charge in [0.1, 0.15) is 0 Å². The third-order valence-corrected chi connectivity index (χ3v) is 2.60. The first-order valence-corrected chi connectivity index (χ1v) is 5.70. The van der Waals surface area contributed by atoms with E-state index in [1.165, 1.54) is 0 Å². The molecule has 1 heterocycles. The Bertz CT molecular complexity index is 532. The summed E-state index contributed by atoms with van der Waals surface area (Å²) in [7, 11) is 0. The van der Waals surface area contributed by atoms with Crippen LogP contribution in [0, 0.1) is 0 Å². The molecule has 1 amide bonds. The zero-order valence-electron chi connectivity index (χ0n) is 9.81. The average molecular weight is 232 g/mol. The van der Waals surface area contributed by atoms with E-state index in [1.807, 2.05) is 36.0 Å². The van der Waals surface area contributed by atoms with Crippen LogP contribution in [0.5, 0.6) is 0 Å². The van der Waals surface area contributed by atoms with Crippen LogP contribution in [0.2, 0.25) is 0 Å². The molecule has 0 fully saturated rings. The summed E-state index contributed by atoms with van der Waals surface area (Å²) in [4.78, 5) is 11.4. The monoisotopic (exact) mass is 232 g/mol. The van der Waals surface area contributed by atoms with Crippen LogP contribution in [-0.2, 0) is 11.3 Å². The van der Waals surface area contributed by atoms with Gasteiger partial charge < -0.3 is 11.1 Å². The van der Waals surface area contributed by atoms with Crippen molar-refractivity contribution in [3.8, 4) is 0 Å². The van der Waals surface area contributed by atoms with E-state index in [-0.39, 0.29) is 5.91 Å². The van der Waals surface area contributed by atoms with Gasteiger partial charge in [-0.1, -0.05) is 0 Å². The zero-order chi connectivity index (χ0) is 12.3. The van der Waals surface area contributed by atoms with Crippen LogP contribution in [0.15, 0.2) is 24.4 Å². The molecule has 3 N–H and O–H groups in total. The van der Waals surface area contributed by atoms with Gasteiger partial charge in [0.2, 0.25) is 5.91 Å². The standard InChI is InChI=1S/C12H16N4O/c1-2-16-11-7-10(15-12(17)5-6-13)4-3-9(11)8-14-16/h3-4,7-8H,2,5-6,13H2,1H3,(H,15,17). The lowest BCUT2D eigenvalue weighted by molar-refractivity contribution is -0.116. The summed E-state index contributed by atoms with van der Waals surface area (Å²) in [6, 6.07) is 5.76. The number of amides is 1. The number of nitrogens with zero attached hydrogens (tertiary/aromatic N) is 2. The summed E-state index contributed by atoms with van der Waals surface area (Å²) in [5.74, 6) is -0.0607. The summed E-state index contributed by atoms with van der Waals surface area (Å²) in [5, 5.41) is 8.14. The molecule has 0 spiro atoms. The molecule has 0 saturated carbocycles. The number of carbonyl (C=O) groups is 1. The van der Waals surface area contributed by atoms with Crippen molar-refractivity contribution >= 4 is 22.5 Å². The van der Waals surface area contributed by atoms with Crippen LogP contribution >= 0.6 is 0 Å². The molecular weight excluding hydrogens is 216 g/mol. The molecule has 17 heavy (non-hydrogen) atoms. The number of aryl methyl sites for hydroxylation is 1. The van der Waals surface area contributed by atoms with E-state index in [9.17, 15) is 4.79 Å². The number of aromatic nitrogens is 2. The third kappa shape index (κ3) is 2.45. The van der Waals surface area contributed by atoms with Crippen molar-refractivity contribution in [1.29, 1.82) is 0 Å². The SMILES string of the molecule is CCn1ncc2ccc(NC(=O)CCN)cc21. The molecule has 1 aromatic carbocycles. The van der Waals surface area contributed by atoms with Crippen molar-refractivity contribution in [2.75, 3.05) is 11.9 Å². The first-order chi connectivity index (χ1) is 8.24. The van der Waals surface area contributed by atoms with E-state index in [0.29, 0.717) is 13.0 Å². The van der Waals surface area contributed by atoms with E-state index >= 15 is 0 Å². The molecule has 0 saturated heterocycles. The minimum atomic E-state index is -0.0607. The number of nitrogens with two attached hydrogens (primary N) is 1. The highest BCUT2D eigenvalue weighted by Gasteiger charge is 2.05. The van der Waals surface area contributed by atoms with Gasteiger partial charge in [0.15, 0.2) is 0 Å². The van der Waals surface area contributed by atoms with E-state index in [4.69, 9.17) is 5.73 Å². The second kappa shape index (κ2) is 4.97. The summed E-state index contributed by atoms with van der Waals surface area (Å²) in [6.07, 6.45) is 2.16. The Morgan fingerprint density at radius 2 is 2.35 bits per heavy atom. The Morgan fingerprint density at radius 1 is 1.53 bits per heavy atom. The maximum Gasteiger partial charge on any atom is 0.225 e. The molecule has 2 aromatic rings. The average Bonchev–Trinajstić information content (AvgIpc) is 2.71. The second-order valence-electron chi connectivity index (χ2n) is 3.82. The van der Waals surface area contributed by atoms with Gasteiger partial charge in [-0.2, -0.15) is 5.10 Å². The van der Waals surface area contributed by atoms with Gasteiger partial charge in [0.25, 0.3) is 0 Å². The molecule has 0 aliphatic carbocycles. The first kappa shape index (κ1) is 11.6. The minimum absolute atomic E-state index is 0.0607. The normalized spacial score (nSPS) is 10.7. The number of benzene rings is 1. The van der Waals surface area contributed by atoms with Crippen LogP contribution in [0.3, 0.4) is 0 Å². The number of nitrogens with one attached hydrogen (secondary N) is 1. The highest BCUT2D eigenvalue weighted by atomic mass is 16.1. The Kier molecular flexibility index (Phi) is 3.39. The van der Waals surface area contributed by atoms with Crippen LogP contribution in [0.4, 0.5) is 5.69 Å². The van der Waals surface area contributed by atoms with E-state index in [1.54, 1.807) is 0 Å². The van der Waals surface area contributed by atoms with Gasteiger partial charge in [-0.3, -0.25) is 9.48 Å². The molecule has 0 radical (unpaired) electrons. The number of carbonyl (C=O) groups excluding carboxylic acids is 1. The molecule has 1 aromatic heterocycles. The predicted molar refractivity (Wildman–Crippen MR) is 67.7 cm³/mol. The summed E-state index contributed by atoms with van der Waals surface area (Å²) < 4.78 is 1.90. The van der Waals surface area contributed by atoms with Crippen molar-refractivity contribution in [3.05, 3.63) is 24.4 Å². The molecule has 90 valence electrons. The summed E-state index contributed by atoms with van der Waals surface area (Å²) >= 11 is 0. The quantitative estimate of drug-likeness (QED) is 0.835. The van der Waals surface area contributed by atoms with Crippen LogP contribution < -0.4 is 11.1 Å². The molecule has 5 nitrogen and oxygen atoms in total. The fourth-order valence-corrected chi connectivity index (χ4v) is 1.75. The van der Waals surface area contributed by atoms with Crippen LogP contribution in [-0.4, -0.2) is 22.2 Å². The largest absolute Gasteiger partial charge is 0.330 e. The molecule has 0 unspecified atom stereocenters. The maximum atomic E-state index is 11.4. The zero-order valence-corrected chi connectivity index (χ0v) is 9.81. The number of hydrogen-bond donors (Lipinski definition) is 2. The third-order valence-electron chi connectivity index (χ3n) is 2.60. The lowest BCUT2D eigenvalue weighted by atomic mass is 10.2. The van der Waals surface area contributed by atoms with Crippen molar-refractivity contribution < 1.29 is 4.79 Å². The smallest absolute Gasteiger partial charge is 0.225 e. The minimum Gasteiger partial charge on any atom is -0.330 e.